The molecule has 1 aliphatic heterocycles. The average molecular weight is 499 g/mol. The van der Waals surface area contributed by atoms with Crippen molar-refractivity contribution in [3.05, 3.63) is 53.0 Å². The molecule has 0 saturated carbocycles. The number of halogens is 2. The van der Waals surface area contributed by atoms with Crippen molar-refractivity contribution in [3.8, 4) is 5.75 Å². The Morgan fingerprint density at radius 1 is 1.31 bits per heavy atom. The van der Waals surface area contributed by atoms with Gasteiger partial charge in [0.05, 0.1) is 28.4 Å². The molecule has 1 N–H and O–H groups in total. The van der Waals surface area contributed by atoms with Crippen LogP contribution in [0.25, 0.3) is 17.0 Å². The molecule has 1 fully saturated rings. The molecule has 32 heavy (non-hydrogen) atoms. The third-order valence-corrected chi connectivity index (χ3v) is 6.15. The molecule has 0 radical (unpaired) electrons. The van der Waals surface area contributed by atoms with Crippen LogP contribution in [0.15, 0.2) is 46.6 Å². The first-order valence-electron chi connectivity index (χ1n) is 10.4. The summed E-state index contributed by atoms with van der Waals surface area (Å²) in [5.74, 6) is 0.993. The first kappa shape index (κ1) is 22.4. The maximum Gasteiger partial charge on any atom is 0.156 e. The standard InChI is InChI=1S/C24H24BrFN4O2/c1-4-17-18(27-3)5-6-19(23(17)26)30-24-22-20(28-13-29-24)11-16(25)12-21(22)32-14(2)15-7-9-31-10-8-15/h4-6,11-15H,1,3,7-10H2,2H3,(H,28,29,30). The third kappa shape index (κ3) is 4.52. The number of fused-ring (bicyclic) bond motifs is 1. The highest BCUT2D eigenvalue weighted by Crippen LogP contribution is 2.37. The molecule has 3 aromatic rings. The monoisotopic (exact) mass is 498 g/mol. The lowest BCUT2D eigenvalue weighted by Gasteiger charge is -2.28. The van der Waals surface area contributed by atoms with Gasteiger partial charge < -0.3 is 14.8 Å². The van der Waals surface area contributed by atoms with Crippen molar-refractivity contribution in [2.45, 2.75) is 25.9 Å². The number of aromatic nitrogens is 2. The first-order chi connectivity index (χ1) is 15.5. The van der Waals surface area contributed by atoms with E-state index in [9.17, 15) is 0 Å². The zero-order chi connectivity index (χ0) is 22.7. The summed E-state index contributed by atoms with van der Waals surface area (Å²) >= 11 is 3.54. The predicted molar refractivity (Wildman–Crippen MR) is 130 cm³/mol. The summed E-state index contributed by atoms with van der Waals surface area (Å²) in [5, 5.41) is 3.78. The number of hydrogen-bond acceptors (Lipinski definition) is 6. The Morgan fingerprint density at radius 3 is 2.81 bits per heavy atom. The number of hydrogen-bond donors (Lipinski definition) is 1. The fourth-order valence-corrected chi connectivity index (χ4v) is 4.35. The molecular weight excluding hydrogens is 475 g/mol. The van der Waals surface area contributed by atoms with E-state index in [-0.39, 0.29) is 17.4 Å². The SMILES string of the molecule is C=Cc1c(N=C)ccc(Nc2ncnc3cc(Br)cc(OC(C)C4CCOCC4)c23)c1F. The normalized spacial score (nSPS) is 15.3. The molecule has 6 nitrogen and oxygen atoms in total. The van der Waals surface area contributed by atoms with Gasteiger partial charge in [0, 0.05) is 23.2 Å². The molecule has 8 heteroatoms. The van der Waals surface area contributed by atoms with E-state index in [0.717, 1.165) is 30.5 Å². The van der Waals surface area contributed by atoms with Gasteiger partial charge >= 0.3 is 0 Å². The number of aliphatic imine (C=N–C) groups is 1. The average Bonchev–Trinajstić information content (AvgIpc) is 2.80. The largest absolute Gasteiger partial charge is 0.490 e. The highest BCUT2D eigenvalue weighted by atomic mass is 79.9. The minimum absolute atomic E-state index is 0.0218. The Hall–Kier alpha value is -2.84. The molecule has 1 unspecified atom stereocenters. The first-order valence-corrected chi connectivity index (χ1v) is 11.2. The van der Waals surface area contributed by atoms with E-state index in [4.69, 9.17) is 9.47 Å². The fourth-order valence-electron chi connectivity index (χ4n) is 3.93. The Labute approximate surface area is 194 Å². The van der Waals surface area contributed by atoms with Crippen molar-refractivity contribution in [3.63, 3.8) is 0 Å². The van der Waals surface area contributed by atoms with Crippen LogP contribution in [0.2, 0.25) is 0 Å². The van der Waals surface area contributed by atoms with Crippen molar-refractivity contribution in [1.29, 1.82) is 0 Å². The highest BCUT2D eigenvalue weighted by Gasteiger charge is 2.24. The zero-order valence-corrected chi connectivity index (χ0v) is 19.4. The van der Waals surface area contributed by atoms with Gasteiger partial charge in [-0.3, -0.25) is 4.99 Å². The van der Waals surface area contributed by atoms with E-state index in [1.165, 1.54) is 12.4 Å². The van der Waals surface area contributed by atoms with E-state index in [1.807, 2.05) is 12.1 Å². The summed E-state index contributed by atoms with van der Waals surface area (Å²) in [7, 11) is 0. The van der Waals surface area contributed by atoms with Crippen molar-refractivity contribution >= 4 is 56.8 Å². The van der Waals surface area contributed by atoms with Gasteiger partial charge in [0.15, 0.2) is 5.82 Å². The molecule has 2 aromatic carbocycles. The van der Waals surface area contributed by atoms with Crippen molar-refractivity contribution < 1.29 is 13.9 Å². The summed E-state index contributed by atoms with van der Waals surface area (Å²) < 4.78 is 27.8. The van der Waals surface area contributed by atoms with Crippen LogP contribution in [0, 0.1) is 11.7 Å². The second-order valence-electron chi connectivity index (χ2n) is 7.64. The van der Waals surface area contributed by atoms with Crippen LogP contribution in [0.4, 0.5) is 21.6 Å². The number of ether oxygens (including phenoxy) is 2. The number of benzene rings is 2. The molecule has 1 saturated heterocycles. The van der Waals surface area contributed by atoms with Crippen molar-refractivity contribution in [2.75, 3.05) is 18.5 Å². The zero-order valence-electron chi connectivity index (χ0n) is 17.8. The van der Waals surface area contributed by atoms with Crippen LogP contribution in [-0.4, -0.2) is 36.0 Å². The summed E-state index contributed by atoms with van der Waals surface area (Å²) in [6.07, 6.45) is 4.74. The molecule has 166 valence electrons. The van der Waals surface area contributed by atoms with Crippen LogP contribution in [0.3, 0.4) is 0 Å². The van der Waals surface area contributed by atoms with E-state index in [2.05, 4.69) is 56.4 Å². The van der Waals surface area contributed by atoms with E-state index in [0.29, 0.717) is 34.1 Å². The van der Waals surface area contributed by atoms with Gasteiger partial charge in [-0.05, 0) is 56.7 Å². The fraction of sp³-hybridized carbons (Fsp3) is 0.292. The molecule has 4 rings (SSSR count). The molecule has 1 aromatic heterocycles. The summed E-state index contributed by atoms with van der Waals surface area (Å²) in [5.41, 5.74) is 1.63. The van der Waals surface area contributed by atoms with Crippen LogP contribution in [-0.2, 0) is 4.74 Å². The maximum atomic E-state index is 15.1. The molecule has 1 atom stereocenters. The Bertz CT molecular complexity index is 1160. The third-order valence-electron chi connectivity index (χ3n) is 5.69. The summed E-state index contributed by atoms with van der Waals surface area (Å²) in [4.78, 5) is 12.6. The van der Waals surface area contributed by atoms with Gasteiger partial charge in [0.1, 0.15) is 17.9 Å². The van der Waals surface area contributed by atoms with E-state index < -0.39 is 5.82 Å². The summed E-state index contributed by atoms with van der Waals surface area (Å²) in [6.45, 7) is 10.7. The lowest BCUT2D eigenvalue weighted by molar-refractivity contribution is 0.0243. The smallest absolute Gasteiger partial charge is 0.156 e. The maximum absolute atomic E-state index is 15.1. The number of nitrogens with one attached hydrogen (secondary N) is 1. The second kappa shape index (κ2) is 9.75. The van der Waals surface area contributed by atoms with Gasteiger partial charge in [-0.15, -0.1) is 0 Å². The van der Waals surface area contributed by atoms with Gasteiger partial charge in [-0.2, -0.15) is 0 Å². The van der Waals surface area contributed by atoms with Gasteiger partial charge in [-0.25, -0.2) is 14.4 Å². The predicted octanol–water partition coefficient (Wildman–Crippen LogP) is 6.44. The van der Waals surface area contributed by atoms with Gasteiger partial charge in [0.2, 0.25) is 0 Å². The molecule has 0 bridgehead atoms. The minimum atomic E-state index is -0.480. The highest BCUT2D eigenvalue weighted by molar-refractivity contribution is 9.10. The Balaban J connectivity index is 1.74. The van der Waals surface area contributed by atoms with E-state index in [1.54, 1.807) is 12.1 Å². The Kier molecular flexibility index (Phi) is 6.81. The van der Waals surface area contributed by atoms with Crippen molar-refractivity contribution in [2.24, 2.45) is 10.9 Å². The van der Waals surface area contributed by atoms with Crippen LogP contribution < -0.4 is 10.1 Å². The topological polar surface area (TPSA) is 68.6 Å². The summed E-state index contributed by atoms with van der Waals surface area (Å²) in [6, 6.07) is 7.05. The lowest BCUT2D eigenvalue weighted by Crippen LogP contribution is -2.29. The molecule has 0 spiro atoms. The lowest BCUT2D eigenvalue weighted by atomic mass is 9.95. The molecule has 1 aliphatic rings. The minimum Gasteiger partial charge on any atom is -0.490 e. The van der Waals surface area contributed by atoms with Crippen molar-refractivity contribution in [1.82, 2.24) is 9.97 Å². The molecule has 0 aliphatic carbocycles. The molecular formula is C24H24BrFN4O2. The quantitative estimate of drug-likeness (QED) is 0.379. The molecule has 2 heterocycles. The van der Waals surface area contributed by atoms with Gasteiger partial charge in [-0.1, -0.05) is 28.6 Å². The van der Waals surface area contributed by atoms with Gasteiger partial charge in [0.25, 0.3) is 0 Å². The van der Waals surface area contributed by atoms with Crippen LogP contribution >= 0.6 is 15.9 Å². The van der Waals surface area contributed by atoms with Crippen LogP contribution in [0.1, 0.15) is 25.3 Å². The number of anilines is 2. The molecule has 0 amide bonds. The van der Waals surface area contributed by atoms with Crippen LogP contribution in [0.5, 0.6) is 5.75 Å². The van der Waals surface area contributed by atoms with E-state index >= 15 is 4.39 Å². The second-order valence-corrected chi connectivity index (χ2v) is 8.56. The number of nitrogens with zero attached hydrogens (tertiary/aromatic N) is 3. The Morgan fingerprint density at radius 2 is 2.09 bits per heavy atom. The number of rotatable bonds is 7.